The number of halogens is 4. The first-order valence-corrected chi connectivity index (χ1v) is 5.67. The second kappa shape index (κ2) is 4.88. The first kappa shape index (κ1) is 15.0. The van der Waals surface area contributed by atoms with Gasteiger partial charge < -0.3 is 5.73 Å². The minimum absolute atomic E-state index is 0.139. The van der Waals surface area contributed by atoms with E-state index in [1.54, 1.807) is 20.8 Å². The standard InChI is InChI=1S/C13H17F4N/c1-8(18)7-12(2,3)9-4-5-11(14)10(6-9)13(15,16)17/h4-6,8H,7,18H2,1-3H3. The van der Waals surface area contributed by atoms with Gasteiger partial charge in [0.15, 0.2) is 0 Å². The Bertz CT molecular complexity index is 421. The summed E-state index contributed by atoms with van der Waals surface area (Å²) in [6, 6.07) is 2.98. The first-order chi connectivity index (χ1) is 8.04. The van der Waals surface area contributed by atoms with Crippen LogP contribution in [0.5, 0.6) is 0 Å². The van der Waals surface area contributed by atoms with Crippen LogP contribution in [-0.2, 0) is 11.6 Å². The highest BCUT2D eigenvalue weighted by Crippen LogP contribution is 2.36. The van der Waals surface area contributed by atoms with Gasteiger partial charge in [-0.25, -0.2) is 4.39 Å². The summed E-state index contributed by atoms with van der Waals surface area (Å²) in [5.41, 5.74) is 4.36. The van der Waals surface area contributed by atoms with E-state index in [9.17, 15) is 17.6 Å². The van der Waals surface area contributed by atoms with Gasteiger partial charge in [-0.15, -0.1) is 0 Å². The Hall–Kier alpha value is -1.10. The van der Waals surface area contributed by atoms with Crippen LogP contribution in [0, 0.1) is 5.82 Å². The number of benzene rings is 1. The van der Waals surface area contributed by atoms with E-state index in [2.05, 4.69) is 0 Å². The molecule has 0 saturated carbocycles. The number of nitrogens with two attached hydrogens (primary N) is 1. The van der Waals surface area contributed by atoms with Crippen molar-refractivity contribution in [2.24, 2.45) is 5.73 Å². The molecule has 5 heteroatoms. The summed E-state index contributed by atoms with van der Waals surface area (Å²) < 4.78 is 51.0. The lowest BCUT2D eigenvalue weighted by atomic mass is 9.79. The Labute approximate surface area is 104 Å². The number of hydrogen-bond donors (Lipinski definition) is 1. The van der Waals surface area contributed by atoms with Gasteiger partial charge in [-0.2, -0.15) is 13.2 Å². The van der Waals surface area contributed by atoms with Crippen LogP contribution in [0.25, 0.3) is 0 Å². The summed E-state index contributed by atoms with van der Waals surface area (Å²) in [7, 11) is 0. The summed E-state index contributed by atoms with van der Waals surface area (Å²) >= 11 is 0. The quantitative estimate of drug-likeness (QED) is 0.823. The van der Waals surface area contributed by atoms with Crippen molar-refractivity contribution in [3.63, 3.8) is 0 Å². The third-order valence-corrected chi connectivity index (χ3v) is 2.89. The van der Waals surface area contributed by atoms with Gasteiger partial charge in [0.2, 0.25) is 0 Å². The zero-order chi connectivity index (χ0) is 14.1. The van der Waals surface area contributed by atoms with Crippen LogP contribution < -0.4 is 5.73 Å². The molecule has 1 rings (SSSR count). The second-order valence-electron chi connectivity index (χ2n) is 5.26. The predicted molar refractivity (Wildman–Crippen MR) is 62.7 cm³/mol. The molecule has 1 nitrogen and oxygen atoms in total. The number of alkyl halides is 3. The summed E-state index contributed by atoms with van der Waals surface area (Å²) in [4.78, 5) is 0. The highest BCUT2D eigenvalue weighted by Gasteiger charge is 2.35. The molecule has 0 aliphatic heterocycles. The van der Waals surface area contributed by atoms with Crippen LogP contribution >= 0.6 is 0 Å². The molecule has 0 radical (unpaired) electrons. The van der Waals surface area contributed by atoms with Gasteiger partial charge in [-0.05, 0) is 36.5 Å². The topological polar surface area (TPSA) is 26.0 Å². The summed E-state index contributed by atoms with van der Waals surface area (Å²) in [5, 5.41) is 0. The lowest BCUT2D eigenvalue weighted by Crippen LogP contribution is -2.28. The van der Waals surface area contributed by atoms with Gasteiger partial charge in [0.1, 0.15) is 5.82 Å². The lowest BCUT2D eigenvalue weighted by molar-refractivity contribution is -0.140. The van der Waals surface area contributed by atoms with E-state index in [0.29, 0.717) is 12.0 Å². The molecule has 18 heavy (non-hydrogen) atoms. The molecule has 0 aliphatic rings. The molecule has 0 bridgehead atoms. The average Bonchev–Trinajstić information content (AvgIpc) is 2.13. The van der Waals surface area contributed by atoms with E-state index >= 15 is 0 Å². The molecule has 1 unspecified atom stereocenters. The molecule has 0 aromatic heterocycles. The Morgan fingerprint density at radius 2 is 1.78 bits per heavy atom. The van der Waals surface area contributed by atoms with Gasteiger partial charge in [0, 0.05) is 6.04 Å². The van der Waals surface area contributed by atoms with Crippen molar-refractivity contribution in [2.75, 3.05) is 0 Å². The van der Waals surface area contributed by atoms with Crippen LogP contribution in [-0.4, -0.2) is 6.04 Å². The maximum absolute atomic E-state index is 13.2. The maximum Gasteiger partial charge on any atom is 0.419 e. The highest BCUT2D eigenvalue weighted by molar-refractivity contribution is 5.32. The molecule has 0 amide bonds. The molecule has 0 aliphatic carbocycles. The number of hydrogen-bond acceptors (Lipinski definition) is 1. The number of rotatable bonds is 3. The van der Waals surface area contributed by atoms with Gasteiger partial charge in [0.25, 0.3) is 0 Å². The predicted octanol–water partition coefficient (Wildman–Crippen LogP) is 3.86. The van der Waals surface area contributed by atoms with Crippen molar-refractivity contribution in [1.82, 2.24) is 0 Å². The fraction of sp³-hybridized carbons (Fsp3) is 0.538. The van der Waals surface area contributed by atoms with E-state index in [1.165, 1.54) is 6.07 Å². The van der Waals surface area contributed by atoms with Crippen molar-refractivity contribution in [3.8, 4) is 0 Å². The Kier molecular flexibility index (Phi) is 4.05. The third-order valence-electron chi connectivity index (χ3n) is 2.89. The zero-order valence-electron chi connectivity index (χ0n) is 10.6. The lowest BCUT2D eigenvalue weighted by Gasteiger charge is -2.28. The SMILES string of the molecule is CC(N)CC(C)(C)c1ccc(F)c(C(F)(F)F)c1. The van der Waals surface area contributed by atoms with Crippen molar-refractivity contribution in [3.05, 3.63) is 35.1 Å². The van der Waals surface area contributed by atoms with E-state index in [0.717, 1.165) is 12.1 Å². The van der Waals surface area contributed by atoms with Crippen LogP contribution in [0.1, 0.15) is 38.3 Å². The Morgan fingerprint density at radius 1 is 1.22 bits per heavy atom. The molecule has 1 aromatic carbocycles. The monoisotopic (exact) mass is 263 g/mol. The Balaban J connectivity index is 3.20. The molecule has 0 fully saturated rings. The third kappa shape index (κ3) is 3.45. The van der Waals surface area contributed by atoms with Crippen molar-refractivity contribution in [1.29, 1.82) is 0 Å². The van der Waals surface area contributed by atoms with E-state index < -0.39 is 23.0 Å². The van der Waals surface area contributed by atoms with E-state index in [-0.39, 0.29) is 6.04 Å². The molecule has 102 valence electrons. The van der Waals surface area contributed by atoms with Crippen LogP contribution in [0.15, 0.2) is 18.2 Å². The highest BCUT2D eigenvalue weighted by atomic mass is 19.4. The van der Waals surface area contributed by atoms with Crippen molar-refractivity contribution in [2.45, 2.75) is 44.8 Å². The molecule has 2 N–H and O–H groups in total. The first-order valence-electron chi connectivity index (χ1n) is 5.67. The molecular weight excluding hydrogens is 246 g/mol. The van der Waals surface area contributed by atoms with Gasteiger partial charge in [0.05, 0.1) is 5.56 Å². The largest absolute Gasteiger partial charge is 0.419 e. The smallest absolute Gasteiger partial charge is 0.328 e. The van der Waals surface area contributed by atoms with Gasteiger partial charge >= 0.3 is 6.18 Å². The van der Waals surface area contributed by atoms with Crippen LogP contribution in [0.4, 0.5) is 17.6 Å². The van der Waals surface area contributed by atoms with E-state index in [4.69, 9.17) is 5.73 Å². The normalized spacial score (nSPS) is 14.7. The average molecular weight is 263 g/mol. The van der Waals surface area contributed by atoms with Gasteiger partial charge in [-0.3, -0.25) is 0 Å². The molecule has 0 spiro atoms. The zero-order valence-corrected chi connectivity index (χ0v) is 10.6. The van der Waals surface area contributed by atoms with Crippen molar-refractivity contribution < 1.29 is 17.6 Å². The van der Waals surface area contributed by atoms with Crippen LogP contribution in [0.2, 0.25) is 0 Å². The molecule has 1 aromatic rings. The fourth-order valence-corrected chi connectivity index (χ4v) is 2.09. The maximum atomic E-state index is 13.2. The summed E-state index contributed by atoms with van der Waals surface area (Å²) in [6.45, 7) is 5.38. The molecular formula is C13H17F4N. The fourth-order valence-electron chi connectivity index (χ4n) is 2.09. The summed E-state index contributed by atoms with van der Waals surface area (Å²) in [6.07, 6.45) is -4.15. The van der Waals surface area contributed by atoms with Crippen molar-refractivity contribution >= 4 is 0 Å². The minimum Gasteiger partial charge on any atom is -0.328 e. The van der Waals surface area contributed by atoms with E-state index in [1.807, 2.05) is 0 Å². The molecule has 0 heterocycles. The Morgan fingerprint density at radius 3 is 2.22 bits per heavy atom. The summed E-state index contributed by atoms with van der Waals surface area (Å²) in [5.74, 6) is -1.25. The molecule has 0 saturated heterocycles. The van der Waals surface area contributed by atoms with Crippen LogP contribution in [0.3, 0.4) is 0 Å². The van der Waals surface area contributed by atoms with Gasteiger partial charge in [-0.1, -0.05) is 19.9 Å². The minimum atomic E-state index is -4.68. The second-order valence-corrected chi connectivity index (χ2v) is 5.26. The molecule has 1 atom stereocenters.